The second-order valence-corrected chi connectivity index (χ2v) is 9.54. The number of ether oxygens (including phenoxy) is 1. The Kier molecular flexibility index (Phi) is 5.80. The molecule has 39 heavy (non-hydrogen) atoms. The van der Waals surface area contributed by atoms with Crippen molar-refractivity contribution in [3.8, 4) is 33.8 Å². The number of rotatable bonds is 5. The lowest BCUT2D eigenvalue weighted by Crippen LogP contribution is -2.13. The summed E-state index contributed by atoms with van der Waals surface area (Å²) in [6, 6.07) is 52.6. The molecule has 7 rings (SSSR count). The first-order valence-corrected chi connectivity index (χ1v) is 13.1. The van der Waals surface area contributed by atoms with E-state index in [1.807, 2.05) is 36.4 Å². The van der Waals surface area contributed by atoms with Crippen LogP contribution in [0.25, 0.3) is 22.3 Å². The van der Waals surface area contributed by atoms with Crippen molar-refractivity contribution in [2.75, 3.05) is 10.2 Å². The quantitative estimate of drug-likeness (QED) is 0.253. The van der Waals surface area contributed by atoms with Gasteiger partial charge in [-0.05, 0) is 70.8 Å². The molecule has 0 fully saturated rings. The number of hydrogen-bond donors (Lipinski definition) is 1. The van der Waals surface area contributed by atoms with Gasteiger partial charge in [-0.2, -0.15) is 0 Å². The molecule has 3 heteroatoms. The fourth-order valence-corrected chi connectivity index (χ4v) is 5.11. The van der Waals surface area contributed by atoms with Crippen molar-refractivity contribution < 1.29 is 4.74 Å². The third-order valence-electron chi connectivity index (χ3n) is 7.07. The van der Waals surface area contributed by atoms with Crippen LogP contribution in [0.15, 0.2) is 152 Å². The van der Waals surface area contributed by atoms with E-state index < -0.39 is 0 Å². The Hall–Kier alpha value is -5.28. The van der Waals surface area contributed by atoms with Gasteiger partial charge < -0.3 is 15.0 Å². The second-order valence-electron chi connectivity index (χ2n) is 9.54. The highest BCUT2D eigenvalue weighted by Crippen LogP contribution is 2.50. The van der Waals surface area contributed by atoms with Gasteiger partial charge in [-0.15, -0.1) is 0 Å². The maximum atomic E-state index is 6.51. The Morgan fingerprint density at radius 2 is 0.897 bits per heavy atom. The largest absolute Gasteiger partial charge is 0.451 e. The van der Waals surface area contributed by atoms with Gasteiger partial charge in [0.15, 0.2) is 11.5 Å². The first-order valence-electron chi connectivity index (χ1n) is 13.1. The van der Waals surface area contributed by atoms with Gasteiger partial charge in [-0.25, -0.2) is 0 Å². The molecule has 0 aliphatic carbocycles. The van der Waals surface area contributed by atoms with Gasteiger partial charge in [-0.1, -0.05) is 103 Å². The molecular formula is C36H26N2O. The average molecular weight is 503 g/mol. The van der Waals surface area contributed by atoms with Crippen molar-refractivity contribution in [2.45, 2.75) is 0 Å². The average Bonchev–Trinajstić information content (AvgIpc) is 3.02. The molecular weight excluding hydrogens is 476 g/mol. The van der Waals surface area contributed by atoms with Gasteiger partial charge in [0.2, 0.25) is 0 Å². The summed E-state index contributed by atoms with van der Waals surface area (Å²) < 4.78 is 6.51. The Morgan fingerprint density at radius 3 is 1.49 bits per heavy atom. The van der Waals surface area contributed by atoms with Crippen molar-refractivity contribution in [1.82, 2.24) is 0 Å². The van der Waals surface area contributed by atoms with Gasteiger partial charge in [0.1, 0.15) is 0 Å². The zero-order valence-corrected chi connectivity index (χ0v) is 21.3. The van der Waals surface area contributed by atoms with Gasteiger partial charge in [0.05, 0.1) is 17.1 Å². The maximum absolute atomic E-state index is 6.51. The fraction of sp³-hybridized carbons (Fsp3) is 0. The topological polar surface area (TPSA) is 24.5 Å². The zero-order chi connectivity index (χ0) is 26.0. The van der Waals surface area contributed by atoms with Crippen molar-refractivity contribution in [3.05, 3.63) is 152 Å². The summed E-state index contributed by atoms with van der Waals surface area (Å²) in [7, 11) is 0. The van der Waals surface area contributed by atoms with Crippen molar-refractivity contribution in [3.63, 3.8) is 0 Å². The molecule has 0 aromatic heterocycles. The van der Waals surface area contributed by atoms with Gasteiger partial charge in [0.25, 0.3) is 0 Å². The molecule has 1 heterocycles. The van der Waals surface area contributed by atoms with Gasteiger partial charge in [0, 0.05) is 11.4 Å². The van der Waals surface area contributed by atoms with E-state index in [0.29, 0.717) is 0 Å². The van der Waals surface area contributed by atoms with Gasteiger partial charge >= 0.3 is 0 Å². The third kappa shape index (κ3) is 4.41. The number of hydrogen-bond acceptors (Lipinski definition) is 3. The van der Waals surface area contributed by atoms with Crippen LogP contribution in [-0.2, 0) is 0 Å². The molecule has 186 valence electrons. The number of fused-ring (bicyclic) bond motifs is 2. The lowest BCUT2D eigenvalue weighted by atomic mass is 10.0. The van der Waals surface area contributed by atoms with Crippen LogP contribution < -0.4 is 15.0 Å². The van der Waals surface area contributed by atoms with Crippen LogP contribution in [0.3, 0.4) is 0 Å². The molecule has 0 saturated heterocycles. The SMILES string of the molecule is c1ccc(-c2ccc(N(c3ccc(-c4ccccc4)cc3)c3cccc4c3Oc3ccccc3N4)cc2)cc1. The minimum absolute atomic E-state index is 0.801. The predicted octanol–water partition coefficient (Wildman–Crippen LogP) is 10.3. The minimum Gasteiger partial charge on any atom is -0.451 e. The van der Waals surface area contributed by atoms with E-state index in [1.165, 1.54) is 22.3 Å². The summed E-state index contributed by atoms with van der Waals surface area (Å²) in [4.78, 5) is 2.26. The van der Waals surface area contributed by atoms with Crippen LogP contribution in [0.4, 0.5) is 28.4 Å². The van der Waals surface area contributed by atoms with E-state index in [0.717, 1.165) is 39.9 Å². The Morgan fingerprint density at radius 1 is 0.410 bits per heavy atom. The number of nitrogens with one attached hydrogen (secondary N) is 1. The predicted molar refractivity (Wildman–Crippen MR) is 162 cm³/mol. The first kappa shape index (κ1) is 22.9. The van der Waals surface area contributed by atoms with E-state index in [9.17, 15) is 0 Å². The maximum Gasteiger partial charge on any atom is 0.174 e. The lowest BCUT2D eigenvalue weighted by Gasteiger charge is -2.31. The molecule has 1 N–H and O–H groups in total. The molecule has 0 bridgehead atoms. The van der Waals surface area contributed by atoms with Crippen LogP contribution in [-0.4, -0.2) is 0 Å². The highest BCUT2D eigenvalue weighted by atomic mass is 16.5. The minimum atomic E-state index is 0.801. The number of para-hydroxylation sites is 3. The molecule has 1 aliphatic rings. The lowest BCUT2D eigenvalue weighted by molar-refractivity contribution is 0.482. The van der Waals surface area contributed by atoms with E-state index in [4.69, 9.17) is 4.74 Å². The number of anilines is 5. The molecule has 0 atom stereocenters. The summed E-state index contributed by atoms with van der Waals surface area (Å²) in [5.41, 5.74) is 9.74. The summed E-state index contributed by atoms with van der Waals surface area (Å²) >= 11 is 0. The molecule has 6 aromatic carbocycles. The van der Waals surface area contributed by atoms with Crippen LogP contribution >= 0.6 is 0 Å². The highest BCUT2D eigenvalue weighted by Gasteiger charge is 2.24. The molecule has 1 aliphatic heterocycles. The Bertz CT molecular complexity index is 1650. The normalized spacial score (nSPS) is 11.5. The Labute approximate surface area is 228 Å². The monoisotopic (exact) mass is 502 g/mol. The van der Waals surface area contributed by atoms with Crippen LogP contribution in [0.5, 0.6) is 11.5 Å². The van der Waals surface area contributed by atoms with Gasteiger partial charge in [-0.3, -0.25) is 0 Å². The number of benzene rings is 6. The zero-order valence-electron chi connectivity index (χ0n) is 21.3. The van der Waals surface area contributed by atoms with Crippen LogP contribution in [0.2, 0.25) is 0 Å². The third-order valence-corrected chi connectivity index (χ3v) is 7.07. The Balaban J connectivity index is 1.34. The highest BCUT2D eigenvalue weighted by molar-refractivity contribution is 5.89. The second kappa shape index (κ2) is 9.88. The molecule has 0 radical (unpaired) electrons. The van der Waals surface area contributed by atoms with Crippen molar-refractivity contribution in [2.24, 2.45) is 0 Å². The molecule has 0 saturated carbocycles. The van der Waals surface area contributed by atoms with E-state index in [-0.39, 0.29) is 0 Å². The summed E-state index contributed by atoms with van der Waals surface area (Å²) in [5.74, 6) is 1.62. The molecule has 6 aromatic rings. The fourth-order valence-electron chi connectivity index (χ4n) is 5.11. The van der Waals surface area contributed by atoms with Crippen LogP contribution in [0.1, 0.15) is 0 Å². The van der Waals surface area contributed by atoms with Crippen molar-refractivity contribution in [1.29, 1.82) is 0 Å². The van der Waals surface area contributed by atoms with E-state index in [1.54, 1.807) is 0 Å². The smallest absolute Gasteiger partial charge is 0.174 e. The van der Waals surface area contributed by atoms with Crippen molar-refractivity contribution >= 4 is 28.4 Å². The standard InChI is InChI=1S/C36H26N2O/c1-3-10-26(11-4-1)28-18-22-30(23-19-28)38(31-24-20-29(21-25-31)27-12-5-2-6-13-27)34-16-9-15-33-36(34)39-35-17-8-7-14-32(35)37-33/h1-25,37H. The molecule has 0 unspecified atom stereocenters. The molecule has 0 spiro atoms. The van der Waals surface area contributed by atoms with E-state index in [2.05, 4.69) is 125 Å². The number of nitrogens with zero attached hydrogens (tertiary/aromatic N) is 1. The molecule has 0 amide bonds. The first-order chi connectivity index (χ1) is 19.3. The molecule has 3 nitrogen and oxygen atoms in total. The summed E-state index contributed by atoms with van der Waals surface area (Å²) in [6.45, 7) is 0. The van der Waals surface area contributed by atoms with Crippen LogP contribution in [0, 0.1) is 0 Å². The summed E-state index contributed by atoms with van der Waals surface area (Å²) in [5, 5.41) is 3.55. The van der Waals surface area contributed by atoms with E-state index >= 15 is 0 Å². The summed E-state index contributed by atoms with van der Waals surface area (Å²) in [6.07, 6.45) is 0.